The standard InChI is InChI=1S/C17H19FN4O3S/c18-13-7-3-2-6-12(13)16(24)19-10-14-20-21-17(25-14)26-11-15(23)22-8-4-1-5-9-22/h2-3,6-7H,1,4-5,8-11H2,(H,19,24). The van der Waals surface area contributed by atoms with E-state index in [9.17, 15) is 14.0 Å². The number of benzene rings is 1. The lowest BCUT2D eigenvalue weighted by Gasteiger charge is -2.26. The number of carbonyl (C=O) groups excluding carboxylic acids is 2. The third-order valence-electron chi connectivity index (χ3n) is 3.99. The van der Waals surface area contributed by atoms with E-state index in [1.54, 1.807) is 6.07 Å². The number of piperidine rings is 1. The minimum atomic E-state index is -0.594. The molecule has 1 aromatic carbocycles. The number of hydrogen-bond acceptors (Lipinski definition) is 6. The molecule has 0 bridgehead atoms. The lowest BCUT2D eigenvalue weighted by atomic mass is 10.1. The summed E-state index contributed by atoms with van der Waals surface area (Å²) in [6.07, 6.45) is 3.26. The van der Waals surface area contributed by atoms with Gasteiger partial charge in [0.15, 0.2) is 0 Å². The van der Waals surface area contributed by atoms with Crippen LogP contribution < -0.4 is 5.32 Å². The summed E-state index contributed by atoms with van der Waals surface area (Å²) < 4.78 is 18.9. The smallest absolute Gasteiger partial charge is 0.277 e. The molecule has 2 heterocycles. The molecule has 0 saturated carbocycles. The van der Waals surface area contributed by atoms with Crippen LogP contribution in [0.15, 0.2) is 33.9 Å². The van der Waals surface area contributed by atoms with Crippen molar-refractivity contribution in [2.75, 3.05) is 18.8 Å². The molecule has 26 heavy (non-hydrogen) atoms. The molecule has 9 heteroatoms. The Hall–Kier alpha value is -2.42. The van der Waals surface area contributed by atoms with Crippen LogP contribution in [0.25, 0.3) is 0 Å². The summed E-state index contributed by atoms with van der Waals surface area (Å²) in [6, 6.07) is 5.71. The predicted octanol–water partition coefficient (Wildman–Crippen LogP) is 2.24. The minimum absolute atomic E-state index is 0.0131. The average Bonchev–Trinajstić information content (AvgIpc) is 3.13. The van der Waals surface area contributed by atoms with Crippen molar-refractivity contribution in [2.24, 2.45) is 0 Å². The van der Waals surface area contributed by atoms with Crippen molar-refractivity contribution in [3.8, 4) is 0 Å². The lowest BCUT2D eigenvalue weighted by Crippen LogP contribution is -2.36. The van der Waals surface area contributed by atoms with Gasteiger partial charge >= 0.3 is 0 Å². The Bertz CT molecular complexity index is 777. The van der Waals surface area contributed by atoms with Crippen molar-refractivity contribution >= 4 is 23.6 Å². The third-order valence-corrected chi connectivity index (χ3v) is 4.80. The molecule has 1 fully saturated rings. The van der Waals surface area contributed by atoms with Crippen LogP contribution in [0.4, 0.5) is 4.39 Å². The molecular weight excluding hydrogens is 359 g/mol. The van der Waals surface area contributed by atoms with E-state index in [1.165, 1.54) is 36.4 Å². The maximum Gasteiger partial charge on any atom is 0.277 e. The molecule has 0 atom stereocenters. The Morgan fingerprint density at radius 1 is 1.19 bits per heavy atom. The molecule has 1 aromatic heterocycles. The molecule has 138 valence electrons. The van der Waals surface area contributed by atoms with Crippen molar-refractivity contribution < 1.29 is 18.4 Å². The monoisotopic (exact) mass is 378 g/mol. The van der Waals surface area contributed by atoms with E-state index >= 15 is 0 Å². The Labute approximate surface area is 154 Å². The van der Waals surface area contributed by atoms with E-state index in [-0.39, 0.29) is 34.9 Å². The molecular formula is C17H19FN4O3S. The number of rotatable bonds is 6. The highest BCUT2D eigenvalue weighted by atomic mass is 32.2. The maximum atomic E-state index is 13.5. The second kappa shape index (κ2) is 8.79. The summed E-state index contributed by atoms with van der Waals surface area (Å²) in [5.74, 6) is -0.660. The molecule has 7 nitrogen and oxygen atoms in total. The molecule has 1 aliphatic rings. The van der Waals surface area contributed by atoms with Gasteiger partial charge < -0.3 is 14.6 Å². The molecule has 0 unspecified atom stereocenters. The van der Waals surface area contributed by atoms with E-state index in [0.29, 0.717) is 0 Å². The SMILES string of the molecule is O=C(NCc1nnc(SCC(=O)N2CCCCC2)o1)c1ccccc1F. The van der Waals surface area contributed by atoms with Gasteiger partial charge in [0, 0.05) is 13.1 Å². The van der Waals surface area contributed by atoms with Crippen LogP contribution in [0.3, 0.4) is 0 Å². The second-order valence-corrected chi connectivity index (χ2v) is 6.78. The van der Waals surface area contributed by atoms with E-state index in [4.69, 9.17) is 4.42 Å². The Kier molecular flexibility index (Phi) is 6.21. The predicted molar refractivity (Wildman–Crippen MR) is 93.0 cm³/mol. The third kappa shape index (κ3) is 4.81. The van der Waals surface area contributed by atoms with Gasteiger partial charge in [-0.05, 0) is 31.4 Å². The van der Waals surface area contributed by atoms with Crippen LogP contribution in [-0.4, -0.2) is 45.8 Å². The zero-order valence-electron chi connectivity index (χ0n) is 14.1. The molecule has 1 aliphatic heterocycles. The lowest BCUT2D eigenvalue weighted by molar-refractivity contribution is -0.129. The van der Waals surface area contributed by atoms with E-state index in [0.717, 1.165) is 25.9 Å². The van der Waals surface area contributed by atoms with Gasteiger partial charge in [-0.3, -0.25) is 9.59 Å². The Morgan fingerprint density at radius 2 is 1.96 bits per heavy atom. The first-order valence-electron chi connectivity index (χ1n) is 8.39. The summed E-state index contributed by atoms with van der Waals surface area (Å²) >= 11 is 1.17. The number of nitrogens with one attached hydrogen (secondary N) is 1. The van der Waals surface area contributed by atoms with Crippen LogP contribution in [0, 0.1) is 5.82 Å². The van der Waals surface area contributed by atoms with Gasteiger partial charge in [-0.15, -0.1) is 10.2 Å². The van der Waals surface area contributed by atoms with Gasteiger partial charge in [-0.1, -0.05) is 23.9 Å². The summed E-state index contributed by atoms with van der Waals surface area (Å²) in [5, 5.41) is 10.5. The molecule has 1 N–H and O–H groups in total. The van der Waals surface area contributed by atoms with E-state index in [1.807, 2.05) is 4.90 Å². The van der Waals surface area contributed by atoms with Crippen LogP contribution in [0.1, 0.15) is 35.5 Å². The van der Waals surface area contributed by atoms with Gasteiger partial charge in [0.2, 0.25) is 11.8 Å². The van der Waals surface area contributed by atoms with E-state index < -0.39 is 11.7 Å². The van der Waals surface area contributed by atoms with Crippen LogP contribution in [-0.2, 0) is 11.3 Å². The van der Waals surface area contributed by atoms with Crippen LogP contribution >= 0.6 is 11.8 Å². The number of aromatic nitrogens is 2. The summed E-state index contributed by atoms with van der Waals surface area (Å²) in [6.45, 7) is 1.59. The fraction of sp³-hybridized carbons (Fsp3) is 0.412. The first-order chi connectivity index (χ1) is 12.6. The minimum Gasteiger partial charge on any atom is -0.414 e. The largest absolute Gasteiger partial charge is 0.414 e. The van der Waals surface area contributed by atoms with Crippen molar-refractivity contribution in [3.05, 3.63) is 41.5 Å². The molecule has 0 spiro atoms. The fourth-order valence-electron chi connectivity index (χ4n) is 2.62. The number of thioether (sulfide) groups is 1. The molecule has 2 aromatic rings. The summed E-state index contributed by atoms with van der Waals surface area (Å²) in [7, 11) is 0. The maximum absolute atomic E-state index is 13.5. The van der Waals surface area contributed by atoms with Gasteiger partial charge in [-0.25, -0.2) is 4.39 Å². The van der Waals surface area contributed by atoms with Crippen LogP contribution in [0.5, 0.6) is 0 Å². The first kappa shape index (κ1) is 18.4. The number of hydrogen-bond donors (Lipinski definition) is 1. The van der Waals surface area contributed by atoms with E-state index in [2.05, 4.69) is 15.5 Å². The zero-order chi connectivity index (χ0) is 18.4. The van der Waals surface area contributed by atoms with Gasteiger partial charge in [0.1, 0.15) is 5.82 Å². The number of likely N-dealkylation sites (tertiary alicyclic amines) is 1. The van der Waals surface area contributed by atoms with Crippen LogP contribution in [0.2, 0.25) is 0 Å². The summed E-state index contributed by atoms with van der Waals surface area (Å²) in [4.78, 5) is 25.9. The summed E-state index contributed by atoms with van der Waals surface area (Å²) in [5.41, 5.74) is -0.0475. The Morgan fingerprint density at radius 3 is 2.73 bits per heavy atom. The highest BCUT2D eigenvalue weighted by molar-refractivity contribution is 7.99. The number of carbonyl (C=O) groups is 2. The highest BCUT2D eigenvalue weighted by Crippen LogP contribution is 2.18. The van der Waals surface area contributed by atoms with Gasteiger partial charge in [-0.2, -0.15) is 0 Å². The fourth-order valence-corrected chi connectivity index (χ4v) is 3.31. The average molecular weight is 378 g/mol. The normalized spacial score (nSPS) is 14.3. The molecule has 0 aliphatic carbocycles. The number of amides is 2. The Balaban J connectivity index is 1.46. The molecule has 1 saturated heterocycles. The topological polar surface area (TPSA) is 88.3 Å². The van der Waals surface area contributed by atoms with Crippen molar-refractivity contribution in [2.45, 2.75) is 31.0 Å². The number of halogens is 1. The van der Waals surface area contributed by atoms with Crippen molar-refractivity contribution in [3.63, 3.8) is 0 Å². The first-order valence-corrected chi connectivity index (χ1v) is 9.38. The quantitative estimate of drug-likeness (QED) is 0.776. The van der Waals surface area contributed by atoms with Crippen molar-refractivity contribution in [1.82, 2.24) is 20.4 Å². The van der Waals surface area contributed by atoms with Gasteiger partial charge in [0.25, 0.3) is 11.1 Å². The zero-order valence-corrected chi connectivity index (χ0v) is 14.9. The van der Waals surface area contributed by atoms with Gasteiger partial charge in [0.05, 0.1) is 17.9 Å². The molecule has 0 radical (unpaired) electrons. The molecule has 2 amide bonds. The highest BCUT2D eigenvalue weighted by Gasteiger charge is 2.18. The second-order valence-electron chi connectivity index (χ2n) is 5.85. The van der Waals surface area contributed by atoms with Crippen molar-refractivity contribution in [1.29, 1.82) is 0 Å². The number of nitrogens with zero attached hydrogens (tertiary/aromatic N) is 3. The molecule has 3 rings (SSSR count).